The molecule has 5 heterocycles. The summed E-state index contributed by atoms with van der Waals surface area (Å²) in [5, 5.41) is 22.2. The first-order valence-corrected chi connectivity index (χ1v) is 17.7. The molecule has 3 aromatic rings. The van der Waals surface area contributed by atoms with Crippen LogP contribution in [0.25, 0.3) is 11.3 Å². The number of benzene rings is 1. The molecule has 0 bridgehead atoms. The average Bonchev–Trinajstić information content (AvgIpc) is 3.08. The van der Waals surface area contributed by atoms with E-state index in [1.165, 1.54) is 12.8 Å². The number of nitrogens with one attached hydrogen (secondary N) is 1. The van der Waals surface area contributed by atoms with Crippen LogP contribution in [0.4, 0.5) is 27.9 Å². The van der Waals surface area contributed by atoms with E-state index in [1.807, 2.05) is 77.2 Å². The van der Waals surface area contributed by atoms with Crippen LogP contribution in [0.15, 0.2) is 42.7 Å². The summed E-state index contributed by atoms with van der Waals surface area (Å²) in [4.78, 5) is 33.3. The number of carbonyl (C=O) groups is 1. The van der Waals surface area contributed by atoms with E-state index in [1.54, 1.807) is 12.1 Å². The van der Waals surface area contributed by atoms with Gasteiger partial charge in [0.05, 0.1) is 29.5 Å². The fourth-order valence-corrected chi connectivity index (χ4v) is 7.43. The standard InChI is InChI=1S/C34H46N10O3.C2H6/c1-33(2,3)47-32(46)44-22-34(23-44)18-24(19-34)40-9-11-41(12-10-40)25-20-36-31(37-21-25)43-15-13-42(14-16-43)28-17-27(38-39-30(28)35-4)26-7-5-6-8-29(26)45;1-2/h5-8,17,20-21,24,45H,9-16,18-19,22-23H2,1-4H3,(H,35,39);1-2H3. The second-order valence-corrected chi connectivity index (χ2v) is 14.4. The molecule has 1 amide bonds. The number of anilines is 4. The molecule has 2 N–H and O–H groups in total. The Labute approximate surface area is 290 Å². The van der Waals surface area contributed by atoms with E-state index in [-0.39, 0.29) is 11.8 Å². The molecule has 4 fully saturated rings. The number of phenols is 1. The molecule has 13 heteroatoms. The van der Waals surface area contributed by atoms with Gasteiger partial charge in [-0.15, -0.1) is 10.2 Å². The first-order valence-electron chi connectivity index (χ1n) is 17.7. The number of piperazine rings is 2. The zero-order valence-corrected chi connectivity index (χ0v) is 29.9. The number of aromatic nitrogens is 4. The first kappa shape index (κ1) is 34.5. The highest BCUT2D eigenvalue weighted by Crippen LogP contribution is 2.50. The summed E-state index contributed by atoms with van der Waals surface area (Å²) in [6.07, 6.45) is 6.09. The van der Waals surface area contributed by atoms with Crippen molar-refractivity contribution in [2.45, 2.75) is 59.1 Å². The Balaban J connectivity index is 0.00000205. The lowest BCUT2D eigenvalue weighted by atomic mass is 9.60. The van der Waals surface area contributed by atoms with Gasteiger partial charge in [-0.3, -0.25) is 4.90 Å². The van der Waals surface area contributed by atoms with Gasteiger partial charge < -0.3 is 34.8 Å². The zero-order chi connectivity index (χ0) is 34.8. The number of phenolic OH excluding ortho intramolecular Hbond substituents is 1. The Kier molecular flexibility index (Phi) is 10.0. The van der Waals surface area contributed by atoms with Crippen molar-refractivity contribution in [1.82, 2.24) is 30.0 Å². The molecule has 1 aromatic carbocycles. The van der Waals surface area contributed by atoms with E-state index in [0.717, 1.165) is 82.8 Å². The second kappa shape index (κ2) is 14.2. The van der Waals surface area contributed by atoms with Gasteiger partial charge in [0, 0.05) is 89.5 Å². The zero-order valence-electron chi connectivity index (χ0n) is 29.9. The number of likely N-dealkylation sites (tertiary alicyclic amines) is 1. The molecule has 1 spiro atoms. The number of nitrogens with zero attached hydrogens (tertiary/aromatic N) is 9. The Morgan fingerprint density at radius 2 is 1.51 bits per heavy atom. The van der Waals surface area contributed by atoms with Crippen LogP contribution in [-0.2, 0) is 4.74 Å². The fraction of sp³-hybridized carbons (Fsp3) is 0.583. The van der Waals surface area contributed by atoms with Crippen LogP contribution in [0.2, 0.25) is 0 Å². The molecule has 264 valence electrons. The van der Waals surface area contributed by atoms with Gasteiger partial charge in [-0.2, -0.15) is 0 Å². The summed E-state index contributed by atoms with van der Waals surface area (Å²) in [6.45, 7) is 18.5. The molecule has 1 aliphatic carbocycles. The number of rotatable bonds is 6. The van der Waals surface area contributed by atoms with Crippen molar-refractivity contribution in [1.29, 1.82) is 0 Å². The average molecular weight is 673 g/mol. The van der Waals surface area contributed by atoms with E-state index in [2.05, 4.69) is 35.1 Å². The first-order chi connectivity index (χ1) is 23.6. The van der Waals surface area contributed by atoms with E-state index < -0.39 is 5.60 Å². The Bertz CT molecular complexity index is 1570. The minimum Gasteiger partial charge on any atom is -0.507 e. The Morgan fingerprint density at radius 3 is 2.12 bits per heavy atom. The third-order valence-corrected chi connectivity index (χ3v) is 9.96. The summed E-state index contributed by atoms with van der Waals surface area (Å²) >= 11 is 0. The highest BCUT2D eigenvalue weighted by atomic mass is 16.6. The summed E-state index contributed by atoms with van der Waals surface area (Å²) in [5.74, 6) is 1.65. The third-order valence-electron chi connectivity index (χ3n) is 9.96. The van der Waals surface area contributed by atoms with Gasteiger partial charge >= 0.3 is 6.09 Å². The highest BCUT2D eigenvalue weighted by molar-refractivity contribution is 5.75. The van der Waals surface area contributed by atoms with Crippen LogP contribution in [0.1, 0.15) is 47.5 Å². The summed E-state index contributed by atoms with van der Waals surface area (Å²) in [7, 11) is 1.85. The lowest BCUT2D eigenvalue weighted by Crippen LogP contribution is -2.69. The molecule has 49 heavy (non-hydrogen) atoms. The van der Waals surface area contributed by atoms with E-state index in [4.69, 9.17) is 14.7 Å². The maximum atomic E-state index is 12.3. The van der Waals surface area contributed by atoms with E-state index in [9.17, 15) is 9.90 Å². The maximum Gasteiger partial charge on any atom is 0.410 e. The van der Waals surface area contributed by atoms with Gasteiger partial charge in [0.1, 0.15) is 11.4 Å². The second-order valence-electron chi connectivity index (χ2n) is 14.4. The normalized spacial score (nSPS) is 19.5. The molecule has 0 atom stereocenters. The van der Waals surface area contributed by atoms with Crippen molar-refractivity contribution in [3.05, 3.63) is 42.7 Å². The van der Waals surface area contributed by atoms with Crippen LogP contribution in [-0.4, -0.2) is 125 Å². The van der Waals surface area contributed by atoms with E-state index in [0.29, 0.717) is 28.5 Å². The van der Waals surface area contributed by atoms with Crippen LogP contribution in [0, 0.1) is 5.41 Å². The number of hydrogen-bond donors (Lipinski definition) is 2. The summed E-state index contributed by atoms with van der Waals surface area (Å²) in [5.41, 5.74) is 3.19. The van der Waals surface area contributed by atoms with Gasteiger partial charge in [-0.1, -0.05) is 26.0 Å². The highest BCUT2D eigenvalue weighted by Gasteiger charge is 2.55. The number of carbonyl (C=O) groups excluding carboxylic acids is 1. The molecule has 3 saturated heterocycles. The van der Waals surface area contributed by atoms with Crippen molar-refractivity contribution < 1.29 is 14.6 Å². The van der Waals surface area contributed by atoms with Crippen LogP contribution >= 0.6 is 0 Å². The van der Waals surface area contributed by atoms with Gasteiger partial charge in [0.2, 0.25) is 5.95 Å². The topological polar surface area (TPSA) is 126 Å². The van der Waals surface area contributed by atoms with Gasteiger partial charge in [0.15, 0.2) is 5.82 Å². The largest absolute Gasteiger partial charge is 0.507 e. The number of hydrogen-bond acceptors (Lipinski definition) is 12. The molecule has 4 aliphatic rings. The van der Waals surface area contributed by atoms with Gasteiger partial charge in [0.25, 0.3) is 0 Å². The fourth-order valence-electron chi connectivity index (χ4n) is 7.43. The Hall–Kier alpha value is -4.39. The SMILES string of the molecule is CC.CNc1nnc(-c2ccccc2O)cc1N1CCN(c2ncc(N3CCN(C4CC5(C4)CN(C(=O)OC(C)(C)C)C5)CC3)cn2)CC1. The lowest BCUT2D eigenvalue weighted by Gasteiger charge is -2.61. The van der Waals surface area contributed by atoms with Crippen molar-refractivity contribution in [3.63, 3.8) is 0 Å². The van der Waals surface area contributed by atoms with Crippen molar-refractivity contribution in [3.8, 4) is 17.0 Å². The maximum absolute atomic E-state index is 12.3. The molecule has 2 aromatic heterocycles. The van der Waals surface area contributed by atoms with Crippen molar-refractivity contribution >= 4 is 29.2 Å². The summed E-state index contributed by atoms with van der Waals surface area (Å²) in [6, 6.07) is 9.80. The quantitative estimate of drug-likeness (QED) is 0.382. The molecule has 0 radical (unpaired) electrons. The molecule has 1 saturated carbocycles. The molecular weight excluding hydrogens is 620 g/mol. The predicted molar refractivity (Wildman–Crippen MR) is 194 cm³/mol. The Morgan fingerprint density at radius 1 is 0.898 bits per heavy atom. The third kappa shape index (κ3) is 7.46. The van der Waals surface area contributed by atoms with E-state index >= 15 is 0 Å². The van der Waals surface area contributed by atoms with Gasteiger partial charge in [-0.25, -0.2) is 14.8 Å². The number of para-hydroxylation sites is 1. The minimum atomic E-state index is -0.444. The number of aromatic hydroxyl groups is 1. The number of ether oxygens (including phenoxy) is 1. The summed E-state index contributed by atoms with van der Waals surface area (Å²) < 4.78 is 5.53. The van der Waals surface area contributed by atoms with Crippen LogP contribution < -0.4 is 20.0 Å². The molecule has 13 nitrogen and oxygen atoms in total. The molecular formula is C36H52N10O3. The molecule has 7 rings (SSSR count). The molecule has 0 unspecified atom stereocenters. The van der Waals surface area contributed by atoms with Crippen LogP contribution in [0.3, 0.4) is 0 Å². The number of amides is 1. The van der Waals surface area contributed by atoms with Crippen molar-refractivity contribution in [2.75, 3.05) is 92.5 Å². The monoisotopic (exact) mass is 672 g/mol. The predicted octanol–water partition coefficient (Wildman–Crippen LogP) is 4.56. The lowest BCUT2D eigenvalue weighted by molar-refractivity contribution is -0.108. The van der Waals surface area contributed by atoms with Crippen LogP contribution in [0.5, 0.6) is 5.75 Å². The molecule has 3 aliphatic heterocycles. The van der Waals surface area contributed by atoms with Gasteiger partial charge in [-0.05, 0) is 51.8 Å². The van der Waals surface area contributed by atoms with Crippen molar-refractivity contribution in [2.24, 2.45) is 5.41 Å². The smallest absolute Gasteiger partial charge is 0.410 e. The minimum absolute atomic E-state index is 0.179.